The van der Waals surface area contributed by atoms with Crippen LogP contribution in [0.25, 0.3) is 0 Å². The molecule has 1 nitrogen and oxygen atoms in total. The lowest BCUT2D eigenvalue weighted by atomic mass is 9.99. The molecule has 1 fully saturated rings. The van der Waals surface area contributed by atoms with Crippen LogP contribution in [-0.4, -0.2) is 11.8 Å². The van der Waals surface area contributed by atoms with E-state index in [1.807, 2.05) is 11.8 Å². The molecule has 1 unspecified atom stereocenters. The number of hydrogen-bond acceptors (Lipinski definition) is 2. The molecule has 1 saturated carbocycles. The summed E-state index contributed by atoms with van der Waals surface area (Å²) in [6, 6.07) is 9.30. The lowest BCUT2D eigenvalue weighted by Crippen LogP contribution is -2.24. The highest BCUT2D eigenvalue weighted by atomic mass is 32.2. The molecule has 1 aromatic carbocycles. The fourth-order valence-electron chi connectivity index (χ4n) is 2.69. The second-order valence-electron chi connectivity index (χ2n) is 4.91. The number of nitrogens with one attached hydrogen (secondary N) is 1. The van der Waals surface area contributed by atoms with Crippen molar-refractivity contribution in [3.8, 4) is 0 Å². The molecule has 0 spiro atoms. The number of rotatable bonds is 5. The molecule has 2 rings (SSSR count). The summed E-state index contributed by atoms with van der Waals surface area (Å²) in [7, 11) is 0. The van der Waals surface area contributed by atoms with Crippen LogP contribution in [0.2, 0.25) is 0 Å². The van der Waals surface area contributed by atoms with E-state index in [0.717, 1.165) is 11.7 Å². The van der Waals surface area contributed by atoms with Gasteiger partial charge in [-0.15, -0.1) is 11.8 Å². The van der Waals surface area contributed by atoms with Gasteiger partial charge in [0.2, 0.25) is 0 Å². The standard InChI is InChI=1S/C15H23NS/c1-3-17-15-11-7-6-10-14(15)16-12(2)13-8-4-5-9-13/h6-7,10-13,16H,3-5,8-9H2,1-2H3. The highest BCUT2D eigenvalue weighted by Gasteiger charge is 2.21. The number of anilines is 1. The molecule has 1 atom stereocenters. The van der Waals surface area contributed by atoms with Gasteiger partial charge in [-0.05, 0) is 43.6 Å². The van der Waals surface area contributed by atoms with E-state index in [2.05, 4.69) is 43.4 Å². The van der Waals surface area contributed by atoms with Crippen LogP contribution in [0.3, 0.4) is 0 Å². The van der Waals surface area contributed by atoms with E-state index < -0.39 is 0 Å². The van der Waals surface area contributed by atoms with Crippen LogP contribution >= 0.6 is 11.8 Å². The van der Waals surface area contributed by atoms with Gasteiger partial charge in [-0.3, -0.25) is 0 Å². The van der Waals surface area contributed by atoms with Crippen LogP contribution in [-0.2, 0) is 0 Å². The topological polar surface area (TPSA) is 12.0 Å². The summed E-state index contributed by atoms with van der Waals surface area (Å²) >= 11 is 1.92. The predicted octanol–water partition coefficient (Wildman–Crippen LogP) is 4.79. The Kier molecular flexibility index (Phi) is 4.78. The van der Waals surface area contributed by atoms with Crippen LogP contribution in [0.5, 0.6) is 0 Å². The van der Waals surface area contributed by atoms with Gasteiger partial charge in [0.15, 0.2) is 0 Å². The molecule has 1 aromatic rings. The van der Waals surface area contributed by atoms with E-state index in [1.165, 1.54) is 36.3 Å². The van der Waals surface area contributed by atoms with Gasteiger partial charge in [-0.25, -0.2) is 0 Å². The van der Waals surface area contributed by atoms with Crippen molar-refractivity contribution in [2.45, 2.75) is 50.5 Å². The van der Waals surface area contributed by atoms with Gasteiger partial charge < -0.3 is 5.32 Å². The maximum atomic E-state index is 3.72. The smallest absolute Gasteiger partial charge is 0.0480 e. The third-order valence-corrected chi connectivity index (χ3v) is 4.63. The predicted molar refractivity (Wildman–Crippen MR) is 77.9 cm³/mol. The van der Waals surface area contributed by atoms with Crippen molar-refractivity contribution in [1.82, 2.24) is 0 Å². The van der Waals surface area contributed by atoms with Crippen molar-refractivity contribution >= 4 is 17.4 Å². The number of para-hydroxylation sites is 1. The van der Waals surface area contributed by atoms with Gasteiger partial charge in [0, 0.05) is 16.6 Å². The van der Waals surface area contributed by atoms with Crippen LogP contribution in [0.4, 0.5) is 5.69 Å². The Morgan fingerprint density at radius 3 is 2.71 bits per heavy atom. The van der Waals surface area contributed by atoms with E-state index in [0.29, 0.717) is 6.04 Å². The van der Waals surface area contributed by atoms with E-state index in [-0.39, 0.29) is 0 Å². The average molecular weight is 249 g/mol. The summed E-state index contributed by atoms with van der Waals surface area (Å²) in [6.45, 7) is 4.55. The summed E-state index contributed by atoms with van der Waals surface area (Å²) in [4.78, 5) is 1.39. The third kappa shape index (κ3) is 3.41. The Hall–Kier alpha value is -0.630. The first-order chi connectivity index (χ1) is 8.31. The maximum absolute atomic E-state index is 3.72. The summed E-state index contributed by atoms with van der Waals surface area (Å²) < 4.78 is 0. The molecule has 0 radical (unpaired) electrons. The lowest BCUT2D eigenvalue weighted by molar-refractivity contribution is 0.481. The number of thioether (sulfide) groups is 1. The maximum Gasteiger partial charge on any atom is 0.0480 e. The fraction of sp³-hybridized carbons (Fsp3) is 0.600. The van der Waals surface area contributed by atoms with Gasteiger partial charge in [-0.1, -0.05) is 31.9 Å². The van der Waals surface area contributed by atoms with Crippen LogP contribution in [0.1, 0.15) is 39.5 Å². The van der Waals surface area contributed by atoms with Crippen molar-refractivity contribution in [3.05, 3.63) is 24.3 Å². The van der Waals surface area contributed by atoms with Gasteiger partial charge in [0.25, 0.3) is 0 Å². The third-order valence-electron chi connectivity index (χ3n) is 3.68. The SMILES string of the molecule is CCSc1ccccc1NC(C)C1CCCC1. The van der Waals surface area contributed by atoms with Crippen molar-refractivity contribution in [1.29, 1.82) is 0 Å². The van der Waals surface area contributed by atoms with Crippen LogP contribution < -0.4 is 5.32 Å². The van der Waals surface area contributed by atoms with Gasteiger partial charge in [0.1, 0.15) is 0 Å². The zero-order valence-corrected chi connectivity index (χ0v) is 11.7. The molecular formula is C15H23NS. The quantitative estimate of drug-likeness (QED) is 0.753. The molecule has 94 valence electrons. The normalized spacial score (nSPS) is 18.2. The molecule has 0 aromatic heterocycles. The first-order valence-corrected chi connectivity index (χ1v) is 7.78. The first kappa shape index (κ1) is 12.8. The Labute approximate surface area is 109 Å². The van der Waals surface area contributed by atoms with E-state index in [9.17, 15) is 0 Å². The second kappa shape index (κ2) is 6.34. The average Bonchev–Trinajstić information content (AvgIpc) is 2.85. The fourth-order valence-corrected chi connectivity index (χ4v) is 3.46. The van der Waals surface area contributed by atoms with Crippen molar-refractivity contribution in [2.24, 2.45) is 5.92 Å². The Morgan fingerprint density at radius 2 is 2.00 bits per heavy atom. The summed E-state index contributed by atoms with van der Waals surface area (Å²) in [5, 5.41) is 3.72. The minimum atomic E-state index is 0.608. The zero-order chi connectivity index (χ0) is 12.1. The van der Waals surface area contributed by atoms with E-state index in [1.54, 1.807) is 0 Å². The molecule has 1 aliphatic carbocycles. The summed E-state index contributed by atoms with van der Waals surface area (Å²) in [5.41, 5.74) is 1.32. The largest absolute Gasteiger partial charge is 0.381 e. The minimum absolute atomic E-state index is 0.608. The number of benzene rings is 1. The Bertz CT molecular complexity index is 345. The molecular weight excluding hydrogens is 226 g/mol. The van der Waals surface area contributed by atoms with Crippen molar-refractivity contribution in [3.63, 3.8) is 0 Å². The Morgan fingerprint density at radius 1 is 1.29 bits per heavy atom. The molecule has 0 amide bonds. The molecule has 0 saturated heterocycles. The highest BCUT2D eigenvalue weighted by Crippen LogP contribution is 2.32. The van der Waals surface area contributed by atoms with Crippen molar-refractivity contribution in [2.75, 3.05) is 11.1 Å². The molecule has 1 N–H and O–H groups in total. The molecule has 0 heterocycles. The van der Waals surface area contributed by atoms with Gasteiger partial charge in [0.05, 0.1) is 0 Å². The van der Waals surface area contributed by atoms with Gasteiger partial charge >= 0.3 is 0 Å². The van der Waals surface area contributed by atoms with E-state index in [4.69, 9.17) is 0 Å². The molecule has 1 aliphatic rings. The molecule has 17 heavy (non-hydrogen) atoms. The minimum Gasteiger partial charge on any atom is -0.381 e. The van der Waals surface area contributed by atoms with Crippen LogP contribution in [0.15, 0.2) is 29.2 Å². The van der Waals surface area contributed by atoms with Gasteiger partial charge in [-0.2, -0.15) is 0 Å². The molecule has 0 aliphatic heterocycles. The van der Waals surface area contributed by atoms with Crippen molar-refractivity contribution < 1.29 is 0 Å². The monoisotopic (exact) mass is 249 g/mol. The number of hydrogen-bond donors (Lipinski definition) is 1. The summed E-state index contributed by atoms with van der Waals surface area (Å²) in [6.07, 6.45) is 5.64. The lowest BCUT2D eigenvalue weighted by Gasteiger charge is -2.23. The molecule has 0 bridgehead atoms. The second-order valence-corrected chi connectivity index (χ2v) is 6.21. The van der Waals surface area contributed by atoms with E-state index >= 15 is 0 Å². The first-order valence-electron chi connectivity index (χ1n) is 6.79. The summed E-state index contributed by atoms with van der Waals surface area (Å²) in [5.74, 6) is 2.01. The van der Waals surface area contributed by atoms with Crippen LogP contribution in [0, 0.1) is 5.92 Å². The zero-order valence-electron chi connectivity index (χ0n) is 10.9. The molecule has 2 heteroatoms. The highest BCUT2D eigenvalue weighted by molar-refractivity contribution is 7.99. The Balaban J connectivity index is 2.01.